The second-order valence-electron chi connectivity index (χ2n) is 4.56. The van der Waals surface area contributed by atoms with Gasteiger partial charge in [-0.15, -0.1) is 0 Å². The molecule has 1 unspecified atom stereocenters. The van der Waals surface area contributed by atoms with E-state index in [2.05, 4.69) is 15.9 Å². The van der Waals surface area contributed by atoms with Crippen molar-refractivity contribution in [3.05, 3.63) is 63.9 Å². The molecule has 0 heterocycles. The highest BCUT2D eigenvalue weighted by Gasteiger charge is 2.14. The maximum absolute atomic E-state index is 13.9. The van der Waals surface area contributed by atoms with E-state index in [1.165, 1.54) is 6.07 Å². The number of benzene rings is 2. The molecule has 20 heavy (non-hydrogen) atoms. The van der Waals surface area contributed by atoms with Crippen molar-refractivity contribution in [2.24, 2.45) is 5.73 Å². The third-order valence-corrected chi connectivity index (χ3v) is 3.48. The summed E-state index contributed by atoms with van der Waals surface area (Å²) in [6.45, 7) is 2.70. The Morgan fingerprint density at radius 2 is 2.05 bits per heavy atom. The van der Waals surface area contributed by atoms with Crippen LogP contribution in [0, 0.1) is 5.82 Å². The van der Waals surface area contributed by atoms with Crippen LogP contribution in [0.5, 0.6) is 5.75 Å². The molecule has 0 saturated heterocycles. The largest absolute Gasteiger partial charge is 0.494 e. The average Bonchev–Trinajstić information content (AvgIpc) is 2.47. The van der Waals surface area contributed by atoms with Crippen molar-refractivity contribution in [3.8, 4) is 5.75 Å². The maximum Gasteiger partial charge on any atom is 0.128 e. The Kier molecular flexibility index (Phi) is 5.15. The van der Waals surface area contributed by atoms with Gasteiger partial charge in [0.1, 0.15) is 11.6 Å². The van der Waals surface area contributed by atoms with Gasteiger partial charge < -0.3 is 10.5 Å². The van der Waals surface area contributed by atoms with Crippen LogP contribution in [0.15, 0.2) is 46.9 Å². The minimum absolute atomic E-state index is 0.305. The SMILES string of the molecule is CCCOc1cccc(C(N)c2cc(Br)ccc2F)c1. The normalized spacial score (nSPS) is 12.2. The van der Waals surface area contributed by atoms with Crippen molar-refractivity contribution >= 4 is 15.9 Å². The lowest BCUT2D eigenvalue weighted by Crippen LogP contribution is -2.13. The summed E-state index contributed by atoms with van der Waals surface area (Å²) < 4.78 is 20.3. The Morgan fingerprint density at radius 3 is 2.80 bits per heavy atom. The fourth-order valence-electron chi connectivity index (χ4n) is 1.95. The van der Waals surface area contributed by atoms with E-state index in [-0.39, 0.29) is 5.82 Å². The molecule has 0 spiro atoms. The molecule has 2 aromatic rings. The van der Waals surface area contributed by atoms with Crippen LogP contribution in [0.25, 0.3) is 0 Å². The first-order valence-electron chi connectivity index (χ1n) is 6.55. The van der Waals surface area contributed by atoms with Crippen molar-refractivity contribution in [1.29, 1.82) is 0 Å². The number of halogens is 2. The summed E-state index contributed by atoms with van der Waals surface area (Å²) in [6.07, 6.45) is 0.941. The Hall–Kier alpha value is -1.39. The van der Waals surface area contributed by atoms with Crippen LogP contribution < -0.4 is 10.5 Å². The van der Waals surface area contributed by atoms with Crippen LogP contribution in [0.2, 0.25) is 0 Å². The molecule has 2 N–H and O–H groups in total. The Bertz CT molecular complexity index is 588. The van der Waals surface area contributed by atoms with Gasteiger partial charge in [-0.3, -0.25) is 0 Å². The van der Waals surface area contributed by atoms with Gasteiger partial charge in [0, 0.05) is 10.0 Å². The first kappa shape index (κ1) is 15.0. The minimum Gasteiger partial charge on any atom is -0.494 e. The molecule has 2 nitrogen and oxygen atoms in total. The quantitative estimate of drug-likeness (QED) is 0.876. The summed E-state index contributed by atoms with van der Waals surface area (Å²) in [5, 5.41) is 0. The van der Waals surface area contributed by atoms with Crippen molar-refractivity contribution < 1.29 is 9.13 Å². The number of hydrogen-bond donors (Lipinski definition) is 1. The first-order chi connectivity index (χ1) is 9.61. The topological polar surface area (TPSA) is 35.2 Å². The number of hydrogen-bond acceptors (Lipinski definition) is 2. The zero-order chi connectivity index (χ0) is 14.5. The molecular weight excluding hydrogens is 321 g/mol. The van der Waals surface area contributed by atoms with Crippen LogP contribution in [-0.4, -0.2) is 6.61 Å². The summed E-state index contributed by atoms with van der Waals surface area (Å²) >= 11 is 3.34. The standard InChI is InChI=1S/C16H17BrFNO/c1-2-8-20-13-5-3-4-11(9-13)16(19)14-10-12(17)6-7-15(14)18/h3-7,9-10,16H,2,8,19H2,1H3. The number of rotatable bonds is 5. The summed E-state index contributed by atoms with van der Waals surface area (Å²) in [7, 11) is 0. The molecule has 0 aliphatic carbocycles. The highest BCUT2D eigenvalue weighted by atomic mass is 79.9. The van der Waals surface area contributed by atoms with Gasteiger partial charge in [0.2, 0.25) is 0 Å². The van der Waals surface area contributed by atoms with E-state index in [0.29, 0.717) is 12.2 Å². The van der Waals surface area contributed by atoms with Gasteiger partial charge in [0.15, 0.2) is 0 Å². The Labute approximate surface area is 126 Å². The van der Waals surface area contributed by atoms with E-state index >= 15 is 0 Å². The minimum atomic E-state index is -0.516. The molecule has 0 aliphatic rings. The summed E-state index contributed by atoms with van der Waals surface area (Å²) in [5.74, 6) is 0.454. The highest BCUT2D eigenvalue weighted by Crippen LogP contribution is 2.27. The van der Waals surface area contributed by atoms with E-state index in [1.54, 1.807) is 12.1 Å². The molecule has 0 radical (unpaired) electrons. The fraction of sp³-hybridized carbons (Fsp3) is 0.250. The third kappa shape index (κ3) is 3.58. The maximum atomic E-state index is 13.9. The summed E-state index contributed by atoms with van der Waals surface area (Å²) in [6, 6.07) is 11.8. The molecule has 1 atom stereocenters. The molecule has 0 saturated carbocycles. The van der Waals surface area contributed by atoms with Gasteiger partial charge in [-0.1, -0.05) is 35.0 Å². The van der Waals surface area contributed by atoms with Gasteiger partial charge >= 0.3 is 0 Å². The van der Waals surface area contributed by atoms with Crippen molar-refractivity contribution in [3.63, 3.8) is 0 Å². The summed E-state index contributed by atoms with van der Waals surface area (Å²) in [5.41, 5.74) is 7.46. The van der Waals surface area contributed by atoms with Gasteiger partial charge in [-0.2, -0.15) is 0 Å². The molecule has 0 amide bonds. The zero-order valence-electron chi connectivity index (χ0n) is 11.3. The first-order valence-corrected chi connectivity index (χ1v) is 7.34. The van der Waals surface area contributed by atoms with Gasteiger partial charge in [0.05, 0.1) is 12.6 Å². The lowest BCUT2D eigenvalue weighted by atomic mass is 9.99. The lowest BCUT2D eigenvalue weighted by molar-refractivity contribution is 0.317. The summed E-state index contributed by atoms with van der Waals surface area (Å²) in [4.78, 5) is 0. The van der Waals surface area contributed by atoms with Crippen molar-refractivity contribution in [1.82, 2.24) is 0 Å². The molecule has 0 bridgehead atoms. The van der Waals surface area contributed by atoms with Crippen molar-refractivity contribution in [2.75, 3.05) is 6.61 Å². The molecule has 4 heteroatoms. The molecule has 2 rings (SSSR count). The van der Waals surface area contributed by atoms with E-state index in [9.17, 15) is 4.39 Å². The van der Waals surface area contributed by atoms with E-state index in [0.717, 1.165) is 22.2 Å². The van der Waals surface area contributed by atoms with E-state index < -0.39 is 6.04 Å². The second kappa shape index (κ2) is 6.86. The monoisotopic (exact) mass is 337 g/mol. The Balaban J connectivity index is 2.28. The predicted octanol–water partition coefficient (Wildman–Crippen LogP) is 4.43. The van der Waals surface area contributed by atoms with Gasteiger partial charge in [-0.25, -0.2) is 4.39 Å². The van der Waals surface area contributed by atoms with Crippen LogP contribution in [0.4, 0.5) is 4.39 Å². The molecule has 0 fully saturated rings. The molecule has 2 aromatic carbocycles. The van der Waals surface area contributed by atoms with E-state index in [4.69, 9.17) is 10.5 Å². The van der Waals surface area contributed by atoms with Crippen LogP contribution >= 0.6 is 15.9 Å². The van der Waals surface area contributed by atoms with Gasteiger partial charge in [-0.05, 0) is 42.3 Å². The second-order valence-corrected chi connectivity index (χ2v) is 5.48. The number of ether oxygens (including phenoxy) is 1. The smallest absolute Gasteiger partial charge is 0.128 e. The Morgan fingerprint density at radius 1 is 1.25 bits per heavy atom. The van der Waals surface area contributed by atoms with Crippen LogP contribution in [0.3, 0.4) is 0 Å². The van der Waals surface area contributed by atoms with Gasteiger partial charge in [0.25, 0.3) is 0 Å². The van der Waals surface area contributed by atoms with Crippen molar-refractivity contribution in [2.45, 2.75) is 19.4 Å². The van der Waals surface area contributed by atoms with E-state index in [1.807, 2.05) is 31.2 Å². The molecule has 0 aromatic heterocycles. The zero-order valence-corrected chi connectivity index (χ0v) is 12.9. The average molecular weight is 338 g/mol. The highest BCUT2D eigenvalue weighted by molar-refractivity contribution is 9.10. The lowest BCUT2D eigenvalue weighted by Gasteiger charge is -2.15. The fourth-order valence-corrected chi connectivity index (χ4v) is 2.33. The molecule has 0 aliphatic heterocycles. The predicted molar refractivity (Wildman–Crippen MR) is 82.4 cm³/mol. The van der Waals surface area contributed by atoms with Crippen LogP contribution in [0.1, 0.15) is 30.5 Å². The molecule has 106 valence electrons. The number of nitrogens with two attached hydrogens (primary N) is 1. The van der Waals surface area contributed by atoms with Crippen LogP contribution in [-0.2, 0) is 0 Å². The third-order valence-electron chi connectivity index (χ3n) is 2.98. The molecular formula is C16H17BrFNO.